The number of rotatable bonds is 0. The van der Waals surface area contributed by atoms with Gasteiger partial charge in [0.15, 0.2) is 5.82 Å². The molecule has 1 aliphatic heterocycles. The molecule has 1 aromatic heterocycles. The second-order valence-corrected chi connectivity index (χ2v) is 3.42. The number of hydrogen-bond acceptors (Lipinski definition) is 2. The van der Waals surface area contributed by atoms with Gasteiger partial charge < -0.3 is 4.74 Å². The van der Waals surface area contributed by atoms with E-state index in [1.165, 1.54) is 0 Å². The minimum atomic E-state index is 0.566. The van der Waals surface area contributed by atoms with Crippen molar-refractivity contribution in [3.8, 4) is 0 Å². The second-order valence-electron chi connectivity index (χ2n) is 3.42. The normalized spacial score (nSPS) is 14.8. The Morgan fingerprint density at radius 1 is 1.36 bits per heavy atom. The van der Waals surface area contributed by atoms with Crippen molar-refractivity contribution in [2.75, 3.05) is 0 Å². The van der Waals surface area contributed by atoms with Crippen molar-refractivity contribution in [1.82, 2.24) is 9.55 Å². The summed E-state index contributed by atoms with van der Waals surface area (Å²) >= 11 is 0. The van der Waals surface area contributed by atoms with Crippen LogP contribution < -0.4 is 0 Å². The second kappa shape index (κ2) is 2.61. The Bertz CT molecular complexity index is 525. The smallest absolute Gasteiger partial charge is 0.152 e. The molecule has 3 rings (SSSR count). The molecule has 0 radical (unpaired) electrons. The van der Waals surface area contributed by atoms with Crippen molar-refractivity contribution in [1.29, 1.82) is 0 Å². The zero-order valence-corrected chi connectivity index (χ0v) is 7.90. The molecule has 3 nitrogen and oxygen atoms in total. The summed E-state index contributed by atoms with van der Waals surface area (Å²) in [5.74, 6) is 1.90. The topological polar surface area (TPSA) is 27.1 Å². The molecule has 0 saturated heterocycles. The number of nitrogens with zero attached hydrogens (tertiary/aromatic N) is 2. The van der Waals surface area contributed by atoms with Crippen molar-refractivity contribution < 1.29 is 4.74 Å². The third kappa shape index (κ3) is 0.954. The van der Waals surface area contributed by atoms with E-state index in [0.29, 0.717) is 6.61 Å². The third-order valence-corrected chi connectivity index (χ3v) is 2.41. The van der Waals surface area contributed by atoms with Crippen LogP contribution in [-0.4, -0.2) is 9.55 Å². The van der Waals surface area contributed by atoms with Crippen LogP contribution in [0.3, 0.4) is 0 Å². The first kappa shape index (κ1) is 7.62. The molecule has 0 amide bonds. The Labute approximate surface area is 81.6 Å². The van der Waals surface area contributed by atoms with Gasteiger partial charge in [-0.05, 0) is 19.1 Å². The summed E-state index contributed by atoms with van der Waals surface area (Å²) in [6.07, 6.45) is 1.98. The fourth-order valence-corrected chi connectivity index (χ4v) is 1.74. The van der Waals surface area contributed by atoms with Gasteiger partial charge in [0.1, 0.15) is 12.4 Å². The fraction of sp³-hybridized carbons (Fsp3) is 0.182. The Hall–Kier alpha value is -1.77. The van der Waals surface area contributed by atoms with Crippen molar-refractivity contribution in [3.05, 3.63) is 35.8 Å². The van der Waals surface area contributed by atoms with E-state index in [2.05, 4.69) is 15.6 Å². The molecule has 2 aromatic rings. The van der Waals surface area contributed by atoms with Gasteiger partial charge in [-0.25, -0.2) is 4.98 Å². The van der Waals surface area contributed by atoms with Crippen LogP contribution in [0.5, 0.6) is 0 Å². The largest absolute Gasteiger partial charge is 0.489 e. The molecule has 0 spiro atoms. The van der Waals surface area contributed by atoms with Gasteiger partial charge in [0.05, 0.1) is 11.0 Å². The molecule has 0 aliphatic carbocycles. The van der Waals surface area contributed by atoms with Crippen LogP contribution >= 0.6 is 0 Å². The summed E-state index contributed by atoms with van der Waals surface area (Å²) in [6.45, 7) is 2.52. The molecule has 2 heterocycles. The van der Waals surface area contributed by atoms with Crippen LogP contribution in [0.4, 0.5) is 0 Å². The Morgan fingerprint density at radius 3 is 3.14 bits per heavy atom. The van der Waals surface area contributed by atoms with Crippen molar-refractivity contribution in [2.45, 2.75) is 13.5 Å². The number of aromatic nitrogens is 2. The lowest BCUT2D eigenvalue weighted by Crippen LogP contribution is -2.06. The lowest BCUT2D eigenvalue weighted by atomic mass is 10.3. The van der Waals surface area contributed by atoms with Gasteiger partial charge in [0.2, 0.25) is 0 Å². The van der Waals surface area contributed by atoms with Crippen LogP contribution in [0, 0.1) is 0 Å². The summed E-state index contributed by atoms with van der Waals surface area (Å²) in [5, 5.41) is 0. The number of benzene rings is 1. The van der Waals surface area contributed by atoms with Gasteiger partial charge in [0, 0.05) is 6.20 Å². The van der Waals surface area contributed by atoms with Crippen LogP contribution in [-0.2, 0) is 11.3 Å². The van der Waals surface area contributed by atoms with E-state index in [4.69, 9.17) is 4.74 Å². The average Bonchev–Trinajstić information content (AvgIpc) is 2.56. The number of para-hydroxylation sites is 2. The van der Waals surface area contributed by atoms with E-state index < -0.39 is 0 Å². The summed E-state index contributed by atoms with van der Waals surface area (Å²) in [4.78, 5) is 4.48. The van der Waals surface area contributed by atoms with Gasteiger partial charge in [-0.2, -0.15) is 0 Å². The summed E-state index contributed by atoms with van der Waals surface area (Å²) in [7, 11) is 0. The molecular formula is C11H10N2O. The fourth-order valence-electron chi connectivity index (χ4n) is 1.74. The lowest BCUT2D eigenvalue weighted by molar-refractivity contribution is 0.186. The molecule has 0 fully saturated rings. The van der Waals surface area contributed by atoms with E-state index in [-0.39, 0.29) is 0 Å². The maximum absolute atomic E-state index is 5.41. The first-order chi connectivity index (χ1) is 6.84. The zero-order chi connectivity index (χ0) is 9.54. The SMILES string of the molecule is CC1=Cn2c(nc3ccccc32)CO1. The minimum Gasteiger partial charge on any atom is -0.489 e. The number of hydrogen-bond donors (Lipinski definition) is 0. The van der Waals surface area contributed by atoms with E-state index >= 15 is 0 Å². The quantitative estimate of drug-likeness (QED) is 0.631. The lowest BCUT2D eigenvalue weighted by Gasteiger charge is -2.13. The molecule has 0 unspecified atom stereocenters. The molecule has 14 heavy (non-hydrogen) atoms. The highest BCUT2D eigenvalue weighted by atomic mass is 16.5. The predicted octanol–water partition coefficient (Wildman–Crippen LogP) is 2.38. The van der Waals surface area contributed by atoms with Crippen molar-refractivity contribution >= 4 is 17.2 Å². The van der Waals surface area contributed by atoms with E-state index in [1.807, 2.05) is 31.3 Å². The molecule has 0 atom stereocenters. The Kier molecular flexibility index (Phi) is 1.42. The number of allylic oxidation sites excluding steroid dienone is 1. The van der Waals surface area contributed by atoms with Gasteiger partial charge in [-0.1, -0.05) is 12.1 Å². The molecular weight excluding hydrogens is 176 g/mol. The van der Waals surface area contributed by atoms with Gasteiger partial charge in [-0.15, -0.1) is 0 Å². The highest BCUT2D eigenvalue weighted by molar-refractivity contribution is 5.78. The van der Waals surface area contributed by atoms with E-state index in [0.717, 1.165) is 22.6 Å². The van der Waals surface area contributed by atoms with Crippen molar-refractivity contribution in [3.63, 3.8) is 0 Å². The number of fused-ring (bicyclic) bond motifs is 3. The molecule has 1 aliphatic rings. The van der Waals surface area contributed by atoms with Gasteiger partial charge in [0.25, 0.3) is 0 Å². The molecule has 3 heteroatoms. The zero-order valence-electron chi connectivity index (χ0n) is 7.90. The minimum absolute atomic E-state index is 0.566. The van der Waals surface area contributed by atoms with E-state index in [9.17, 15) is 0 Å². The van der Waals surface area contributed by atoms with Gasteiger partial charge >= 0.3 is 0 Å². The van der Waals surface area contributed by atoms with Crippen molar-refractivity contribution in [2.24, 2.45) is 0 Å². The van der Waals surface area contributed by atoms with E-state index in [1.54, 1.807) is 0 Å². The number of imidazole rings is 1. The maximum atomic E-state index is 5.41. The maximum Gasteiger partial charge on any atom is 0.152 e. The Morgan fingerprint density at radius 2 is 2.21 bits per heavy atom. The molecule has 0 N–H and O–H groups in total. The summed E-state index contributed by atoms with van der Waals surface area (Å²) < 4.78 is 7.50. The summed E-state index contributed by atoms with van der Waals surface area (Å²) in [6, 6.07) is 8.11. The molecule has 70 valence electrons. The van der Waals surface area contributed by atoms with Crippen LogP contribution in [0.25, 0.3) is 17.2 Å². The highest BCUT2D eigenvalue weighted by Crippen LogP contribution is 2.21. The third-order valence-electron chi connectivity index (χ3n) is 2.41. The Balaban J connectivity index is 2.37. The summed E-state index contributed by atoms with van der Waals surface area (Å²) in [5.41, 5.74) is 2.17. The molecule has 0 saturated carbocycles. The standard InChI is InChI=1S/C11H10N2O/c1-8-6-13-10-5-3-2-4-9(10)12-11(13)7-14-8/h2-6H,7H2,1H3. The van der Waals surface area contributed by atoms with Crippen LogP contribution in [0.2, 0.25) is 0 Å². The van der Waals surface area contributed by atoms with Crippen LogP contribution in [0.1, 0.15) is 12.7 Å². The first-order valence-corrected chi connectivity index (χ1v) is 4.62. The first-order valence-electron chi connectivity index (χ1n) is 4.62. The highest BCUT2D eigenvalue weighted by Gasteiger charge is 2.13. The van der Waals surface area contributed by atoms with Crippen LogP contribution in [0.15, 0.2) is 30.0 Å². The molecule has 0 bridgehead atoms. The number of ether oxygens (including phenoxy) is 1. The predicted molar refractivity (Wildman–Crippen MR) is 54.5 cm³/mol. The monoisotopic (exact) mass is 186 g/mol. The van der Waals surface area contributed by atoms with Gasteiger partial charge in [-0.3, -0.25) is 4.57 Å². The molecule has 1 aromatic carbocycles. The average molecular weight is 186 g/mol.